The number of ether oxygens (including phenoxy) is 1. The van der Waals surface area contributed by atoms with Gasteiger partial charge in [0.05, 0.1) is 30.4 Å². The second-order valence-corrected chi connectivity index (χ2v) is 9.43. The maximum absolute atomic E-state index is 13.2. The molecular formula is C22H30N2O5S. The lowest BCUT2D eigenvalue weighted by Crippen LogP contribution is -2.45. The Morgan fingerprint density at radius 1 is 1.17 bits per heavy atom. The number of sulfonamides is 1. The van der Waals surface area contributed by atoms with Crippen LogP contribution in [0.25, 0.3) is 0 Å². The summed E-state index contributed by atoms with van der Waals surface area (Å²) in [7, 11) is -3.76. The van der Waals surface area contributed by atoms with Crippen LogP contribution in [-0.4, -0.2) is 55.9 Å². The van der Waals surface area contributed by atoms with Gasteiger partial charge in [-0.3, -0.25) is 4.79 Å². The van der Waals surface area contributed by atoms with E-state index in [9.17, 15) is 13.2 Å². The fourth-order valence-electron chi connectivity index (χ4n) is 3.49. The highest BCUT2D eigenvalue weighted by Gasteiger charge is 2.30. The van der Waals surface area contributed by atoms with E-state index in [4.69, 9.17) is 9.15 Å². The van der Waals surface area contributed by atoms with Gasteiger partial charge in [0.2, 0.25) is 15.9 Å². The molecule has 3 rings (SSSR count). The summed E-state index contributed by atoms with van der Waals surface area (Å²) >= 11 is 0. The van der Waals surface area contributed by atoms with Crippen LogP contribution >= 0.6 is 0 Å². The normalized spacial score (nSPS) is 16.8. The lowest BCUT2D eigenvalue weighted by molar-refractivity contribution is -0.134. The zero-order chi connectivity index (χ0) is 21.4. The van der Waals surface area contributed by atoms with Gasteiger partial charge in [-0.05, 0) is 43.5 Å². The highest BCUT2D eigenvalue weighted by atomic mass is 32.2. The maximum Gasteiger partial charge on any atom is 0.243 e. The van der Waals surface area contributed by atoms with Crippen LogP contribution in [0.3, 0.4) is 0 Å². The van der Waals surface area contributed by atoms with Crippen molar-refractivity contribution >= 4 is 15.9 Å². The molecule has 1 amide bonds. The van der Waals surface area contributed by atoms with Crippen molar-refractivity contribution in [2.45, 2.75) is 50.2 Å². The number of amides is 1. The van der Waals surface area contributed by atoms with Gasteiger partial charge < -0.3 is 14.1 Å². The third kappa shape index (κ3) is 5.93. The Kier molecular flexibility index (Phi) is 8.07. The van der Waals surface area contributed by atoms with Gasteiger partial charge >= 0.3 is 0 Å². The van der Waals surface area contributed by atoms with E-state index in [0.717, 1.165) is 19.3 Å². The number of unbranched alkanes of at least 4 members (excludes halogenated alkanes) is 1. The molecule has 1 atom stereocenters. The molecule has 1 saturated heterocycles. The molecular weight excluding hydrogens is 404 g/mol. The van der Waals surface area contributed by atoms with E-state index >= 15 is 0 Å². The SMILES string of the molecule is CCCCN(CC(=O)N(Cc1ccco1)C[C@@H]1CCCO1)S(=O)(=O)c1ccccc1. The van der Waals surface area contributed by atoms with Crippen molar-refractivity contribution in [1.82, 2.24) is 9.21 Å². The molecule has 1 fully saturated rings. The van der Waals surface area contributed by atoms with E-state index in [2.05, 4.69) is 0 Å². The molecule has 164 valence electrons. The second kappa shape index (κ2) is 10.7. The van der Waals surface area contributed by atoms with Gasteiger partial charge in [0.25, 0.3) is 0 Å². The molecule has 0 unspecified atom stereocenters. The zero-order valence-corrected chi connectivity index (χ0v) is 18.2. The molecule has 2 aromatic rings. The predicted octanol–water partition coefficient (Wildman–Crippen LogP) is 3.28. The van der Waals surface area contributed by atoms with Crippen LogP contribution in [0.4, 0.5) is 0 Å². The van der Waals surface area contributed by atoms with Crippen molar-refractivity contribution in [1.29, 1.82) is 0 Å². The zero-order valence-electron chi connectivity index (χ0n) is 17.4. The first-order chi connectivity index (χ1) is 14.5. The van der Waals surface area contributed by atoms with Gasteiger partial charge in [0, 0.05) is 19.7 Å². The molecule has 7 nitrogen and oxygen atoms in total. The third-order valence-electron chi connectivity index (χ3n) is 5.18. The summed E-state index contributed by atoms with van der Waals surface area (Å²) in [6.07, 6.45) is 4.92. The van der Waals surface area contributed by atoms with Crippen LogP contribution in [0.5, 0.6) is 0 Å². The van der Waals surface area contributed by atoms with Crippen molar-refractivity contribution in [3.8, 4) is 0 Å². The summed E-state index contributed by atoms with van der Waals surface area (Å²) in [6, 6.07) is 11.9. The van der Waals surface area contributed by atoms with Crippen molar-refractivity contribution in [3.05, 3.63) is 54.5 Å². The summed E-state index contributed by atoms with van der Waals surface area (Å²) < 4.78 is 38.8. The summed E-state index contributed by atoms with van der Waals surface area (Å²) in [4.78, 5) is 15.1. The third-order valence-corrected chi connectivity index (χ3v) is 7.04. The van der Waals surface area contributed by atoms with E-state index in [1.807, 2.05) is 13.0 Å². The van der Waals surface area contributed by atoms with Gasteiger partial charge in [-0.1, -0.05) is 31.5 Å². The van der Waals surface area contributed by atoms with Crippen molar-refractivity contribution < 1.29 is 22.4 Å². The number of carbonyl (C=O) groups is 1. The molecule has 8 heteroatoms. The van der Waals surface area contributed by atoms with Gasteiger partial charge in [-0.15, -0.1) is 0 Å². The number of furan rings is 1. The van der Waals surface area contributed by atoms with Gasteiger partial charge in [0.15, 0.2) is 0 Å². The number of hydrogen-bond acceptors (Lipinski definition) is 5. The highest BCUT2D eigenvalue weighted by Crippen LogP contribution is 2.19. The van der Waals surface area contributed by atoms with Gasteiger partial charge in [0.1, 0.15) is 5.76 Å². The molecule has 0 saturated carbocycles. The molecule has 1 aliphatic heterocycles. The lowest BCUT2D eigenvalue weighted by atomic mass is 10.2. The molecule has 1 aromatic heterocycles. The van der Waals surface area contributed by atoms with Crippen LogP contribution in [-0.2, 0) is 26.1 Å². The van der Waals surface area contributed by atoms with Crippen LogP contribution in [0.15, 0.2) is 58.0 Å². The van der Waals surface area contributed by atoms with E-state index in [-0.39, 0.29) is 23.5 Å². The largest absolute Gasteiger partial charge is 0.467 e. The van der Waals surface area contributed by atoms with Crippen molar-refractivity contribution in [3.63, 3.8) is 0 Å². The van der Waals surface area contributed by atoms with E-state index in [1.165, 1.54) is 4.31 Å². The Balaban J connectivity index is 1.78. The first-order valence-corrected chi connectivity index (χ1v) is 11.9. The number of carbonyl (C=O) groups excluding carboxylic acids is 1. The molecule has 30 heavy (non-hydrogen) atoms. The molecule has 1 aliphatic rings. The number of rotatable bonds is 11. The Bertz CT molecular complexity index is 878. The Morgan fingerprint density at radius 3 is 2.60 bits per heavy atom. The number of nitrogens with zero attached hydrogens (tertiary/aromatic N) is 2. The van der Waals surface area contributed by atoms with Crippen LogP contribution in [0, 0.1) is 0 Å². The Morgan fingerprint density at radius 2 is 1.97 bits per heavy atom. The molecule has 2 heterocycles. The standard InChI is InChI=1S/C22H30N2O5S/c1-2-3-13-24(30(26,27)21-11-5-4-6-12-21)18-22(25)23(16-19-9-7-14-28-19)17-20-10-8-15-29-20/h4-7,9,11-12,14,20H,2-3,8,10,13,15-18H2,1H3/t20-/m0/s1. The minimum atomic E-state index is -3.76. The number of hydrogen-bond donors (Lipinski definition) is 0. The average molecular weight is 435 g/mol. The molecule has 0 aliphatic carbocycles. The van der Waals surface area contributed by atoms with Crippen molar-refractivity contribution in [2.75, 3.05) is 26.2 Å². The summed E-state index contributed by atoms with van der Waals surface area (Å²) in [5.41, 5.74) is 0. The fourth-order valence-corrected chi connectivity index (χ4v) is 4.94. The quantitative estimate of drug-likeness (QED) is 0.542. The summed E-state index contributed by atoms with van der Waals surface area (Å²) in [5.74, 6) is 0.407. The van der Waals surface area contributed by atoms with E-state index < -0.39 is 10.0 Å². The molecule has 0 radical (unpaired) electrons. The smallest absolute Gasteiger partial charge is 0.243 e. The molecule has 1 aromatic carbocycles. The van der Waals surface area contributed by atoms with Gasteiger partial charge in [-0.25, -0.2) is 8.42 Å². The average Bonchev–Trinajstić information content (AvgIpc) is 3.45. The fraction of sp³-hybridized carbons (Fsp3) is 0.500. The molecule has 0 bridgehead atoms. The first-order valence-electron chi connectivity index (χ1n) is 10.5. The first kappa shape index (κ1) is 22.5. The monoisotopic (exact) mass is 434 g/mol. The van der Waals surface area contributed by atoms with E-state index in [1.54, 1.807) is 47.6 Å². The predicted molar refractivity (Wildman–Crippen MR) is 113 cm³/mol. The summed E-state index contributed by atoms with van der Waals surface area (Å²) in [5, 5.41) is 0. The molecule has 0 spiro atoms. The molecule has 0 N–H and O–H groups in total. The van der Waals surface area contributed by atoms with Crippen LogP contribution < -0.4 is 0 Å². The second-order valence-electron chi connectivity index (χ2n) is 7.49. The Hall–Kier alpha value is -2.16. The van der Waals surface area contributed by atoms with Crippen LogP contribution in [0.2, 0.25) is 0 Å². The van der Waals surface area contributed by atoms with Crippen molar-refractivity contribution in [2.24, 2.45) is 0 Å². The minimum Gasteiger partial charge on any atom is -0.467 e. The Labute approximate surface area is 178 Å². The van der Waals surface area contributed by atoms with E-state index in [0.29, 0.717) is 38.4 Å². The lowest BCUT2D eigenvalue weighted by Gasteiger charge is -2.28. The van der Waals surface area contributed by atoms with Crippen LogP contribution in [0.1, 0.15) is 38.4 Å². The number of benzene rings is 1. The topological polar surface area (TPSA) is 80.1 Å². The minimum absolute atomic E-state index is 0.0289. The highest BCUT2D eigenvalue weighted by molar-refractivity contribution is 7.89. The maximum atomic E-state index is 13.2. The van der Waals surface area contributed by atoms with Gasteiger partial charge in [-0.2, -0.15) is 4.31 Å². The summed E-state index contributed by atoms with van der Waals surface area (Å²) in [6.45, 7) is 3.50.